The van der Waals surface area contributed by atoms with Crippen LogP contribution in [-0.4, -0.2) is 19.5 Å². The third kappa shape index (κ3) is 2.79. The number of aromatic nitrogens is 3. The predicted octanol–water partition coefficient (Wildman–Crippen LogP) is 4.15. The number of phenolic OH excluding ortho intramolecular Hbond substituents is 1. The Kier molecular flexibility index (Phi) is 4.04. The Morgan fingerprint density at radius 1 is 1.00 bits per heavy atom. The van der Waals surface area contributed by atoms with Crippen LogP contribution in [0.1, 0.15) is 5.69 Å². The van der Waals surface area contributed by atoms with Crippen LogP contribution in [0.5, 0.6) is 5.75 Å². The number of fused-ring (bicyclic) bond motifs is 1. The molecule has 0 fully saturated rings. The zero-order valence-electron chi connectivity index (χ0n) is 14.9. The third-order valence-electron chi connectivity index (χ3n) is 4.51. The number of hydrogen-bond donors (Lipinski definition) is 1. The fraction of sp³-hybridized carbons (Fsp3) is 0.100. The zero-order chi connectivity index (χ0) is 19.0. The highest BCUT2D eigenvalue weighted by molar-refractivity contribution is 5.93. The summed E-state index contributed by atoms with van der Waals surface area (Å²) in [5.74, 6) is 0.124. The molecule has 0 saturated carbocycles. The smallest absolute Gasteiger partial charge is 0.299 e. The van der Waals surface area contributed by atoms with Gasteiger partial charge in [0.1, 0.15) is 17.0 Å². The topological polar surface area (TPSA) is 84.8 Å². The van der Waals surface area contributed by atoms with Crippen LogP contribution in [0.2, 0.25) is 0 Å². The van der Waals surface area contributed by atoms with Crippen LogP contribution in [-0.2, 0) is 7.05 Å². The summed E-state index contributed by atoms with van der Waals surface area (Å²) < 4.78 is 3.30. The summed E-state index contributed by atoms with van der Waals surface area (Å²) in [6, 6.07) is 16.0. The summed E-state index contributed by atoms with van der Waals surface area (Å²) in [6.07, 6.45) is 1.62. The Labute approximate surface area is 154 Å². The Hall–Kier alpha value is -3.74. The van der Waals surface area contributed by atoms with Gasteiger partial charge < -0.3 is 5.11 Å². The fourth-order valence-corrected chi connectivity index (χ4v) is 3.00. The molecule has 2 aromatic carbocycles. The van der Waals surface area contributed by atoms with Crippen LogP contribution in [0.3, 0.4) is 0 Å². The molecule has 0 aliphatic heterocycles. The molecule has 0 atom stereocenters. The molecule has 0 aliphatic carbocycles. The molecule has 0 aliphatic rings. The van der Waals surface area contributed by atoms with Crippen LogP contribution in [0.15, 0.2) is 75.8 Å². The molecule has 4 aromatic rings. The lowest BCUT2D eigenvalue weighted by molar-refractivity contribution is 0.481. The van der Waals surface area contributed by atoms with Gasteiger partial charge in [0.05, 0.1) is 11.4 Å². The van der Waals surface area contributed by atoms with E-state index in [2.05, 4.69) is 15.2 Å². The zero-order valence-corrected chi connectivity index (χ0v) is 14.9. The van der Waals surface area contributed by atoms with Crippen LogP contribution >= 0.6 is 0 Å². The number of rotatable bonds is 3. The Morgan fingerprint density at radius 3 is 2.56 bits per heavy atom. The van der Waals surface area contributed by atoms with Gasteiger partial charge in [0, 0.05) is 18.6 Å². The molecule has 0 amide bonds. The summed E-state index contributed by atoms with van der Waals surface area (Å²) in [4.78, 5) is 17.1. The minimum atomic E-state index is -0.249. The molecule has 0 radical (unpaired) electrons. The molecule has 7 nitrogen and oxygen atoms in total. The summed E-state index contributed by atoms with van der Waals surface area (Å²) in [7, 11) is 1.81. The van der Waals surface area contributed by atoms with E-state index >= 15 is 0 Å². The molecular formula is C20H17N5O2. The summed E-state index contributed by atoms with van der Waals surface area (Å²) in [5, 5.41) is 19.0. The van der Waals surface area contributed by atoms with E-state index in [9.17, 15) is 9.90 Å². The number of azo groups is 1. The van der Waals surface area contributed by atoms with Crippen molar-refractivity contribution in [1.82, 2.24) is 14.3 Å². The normalized spacial score (nSPS) is 11.5. The second-order valence-electron chi connectivity index (χ2n) is 6.11. The maximum atomic E-state index is 12.9. The number of para-hydroxylation sites is 1. The number of phenols is 1. The summed E-state index contributed by atoms with van der Waals surface area (Å²) >= 11 is 0. The first-order valence-corrected chi connectivity index (χ1v) is 8.40. The monoisotopic (exact) mass is 359 g/mol. The third-order valence-corrected chi connectivity index (χ3v) is 4.51. The van der Waals surface area contributed by atoms with Crippen LogP contribution in [0.25, 0.3) is 16.6 Å². The van der Waals surface area contributed by atoms with Gasteiger partial charge in [-0.25, -0.2) is 4.68 Å². The Morgan fingerprint density at radius 2 is 1.78 bits per heavy atom. The van der Waals surface area contributed by atoms with Crippen LogP contribution in [0, 0.1) is 6.92 Å². The van der Waals surface area contributed by atoms with E-state index in [0.717, 1.165) is 5.69 Å². The number of pyridine rings is 1. The Balaban J connectivity index is 1.83. The lowest BCUT2D eigenvalue weighted by Gasteiger charge is -2.07. The van der Waals surface area contributed by atoms with Crippen molar-refractivity contribution in [2.45, 2.75) is 6.92 Å². The minimum Gasteiger partial charge on any atom is -0.507 e. The van der Waals surface area contributed by atoms with Gasteiger partial charge in [-0.3, -0.25) is 14.5 Å². The minimum absolute atomic E-state index is 0.124. The van der Waals surface area contributed by atoms with E-state index < -0.39 is 0 Å². The molecule has 27 heavy (non-hydrogen) atoms. The molecule has 2 heterocycles. The van der Waals surface area contributed by atoms with Crippen molar-refractivity contribution in [2.75, 3.05) is 0 Å². The van der Waals surface area contributed by atoms with Crippen molar-refractivity contribution in [2.24, 2.45) is 17.3 Å². The van der Waals surface area contributed by atoms with Gasteiger partial charge in [-0.05, 0) is 43.3 Å². The second-order valence-corrected chi connectivity index (χ2v) is 6.11. The summed E-state index contributed by atoms with van der Waals surface area (Å²) in [5.41, 5.74) is 2.48. The quantitative estimate of drug-likeness (QED) is 0.558. The van der Waals surface area contributed by atoms with Gasteiger partial charge in [0.25, 0.3) is 5.56 Å². The average molecular weight is 359 g/mol. The maximum Gasteiger partial charge on any atom is 0.299 e. The van der Waals surface area contributed by atoms with Gasteiger partial charge in [-0.2, -0.15) is 0 Å². The summed E-state index contributed by atoms with van der Waals surface area (Å²) in [6.45, 7) is 1.82. The lowest BCUT2D eigenvalue weighted by atomic mass is 10.2. The predicted molar refractivity (Wildman–Crippen MR) is 103 cm³/mol. The molecular weight excluding hydrogens is 342 g/mol. The van der Waals surface area contributed by atoms with Crippen LogP contribution < -0.4 is 5.56 Å². The van der Waals surface area contributed by atoms with Crippen LogP contribution in [0.4, 0.5) is 11.4 Å². The molecule has 7 heteroatoms. The maximum absolute atomic E-state index is 12.9. The number of hydrogen-bond acceptors (Lipinski definition) is 5. The van der Waals surface area contributed by atoms with Gasteiger partial charge in [-0.1, -0.05) is 18.2 Å². The molecule has 0 spiro atoms. The van der Waals surface area contributed by atoms with E-state index in [1.807, 2.05) is 37.3 Å². The van der Waals surface area contributed by atoms with E-state index in [0.29, 0.717) is 22.3 Å². The highest BCUT2D eigenvalue weighted by atomic mass is 16.3. The molecule has 134 valence electrons. The van der Waals surface area contributed by atoms with Crippen molar-refractivity contribution in [3.63, 3.8) is 0 Å². The average Bonchev–Trinajstić information content (AvgIpc) is 2.91. The molecule has 4 rings (SSSR count). The number of nitrogens with zero attached hydrogens (tertiary/aromatic N) is 5. The van der Waals surface area contributed by atoms with E-state index in [1.165, 1.54) is 0 Å². The molecule has 2 aromatic heterocycles. The highest BCUT2D eigenvalue weighted by Crippen LogP contribution is 2.31. The van der Waals surface area contributed by atoms with Gasteiger partial charge >= 0.3 is 0 Å². The number of benzene rings is 2. The lowest BCUT2D eigenvalue weighted by Crippen LogP contribution is -2.19. The fourth-order valence-electron chi connectivity index (χ4n) is 3.00. The van der Waals surface area contributed by atoms with Crippen molar-refractivity contribution < 1.29 is 5.11 Å². The first-order valence-electron chi connectivity index (χ1n) is 8.40. The van der Waals surface area contributed by atoms with E-state index in [-0.39, 0.29) is 17.0 Å². The van der Waals surface area contributed by atoms with Crippen molar-refractivity contribution >= 4 is 22.3 Å². The first kappa shape index (κ1) is 16.7. The molecule has 0 bridgehead atoms. The van der Waals surface area contributed by atoms with Crippen molar-refractivity contribution in [3.8, 4) is 11.4 Å². The van der Waals surface area contributed by atoms with Gasteiger partial charge in [0.2, 0.25) is 0 Å². The largest absolute Gasteiger partial charge is 0.507 e. The van der Waals surface area contributed by atoms with Gasteiger partial charge in [0.15, 0.2) is 5.69 Å². The molecule has 0 unspecified atom stereocenters. The standard InChI is InChI=1S/C20H17N5O2/c1-13-18(20(27)25(24(13)2)14-7-4-3-5-8-14)23-22-16-10-11-17(26)15-9-6-12-21-19(15)16/h3-12,26H,1-2H3. The van der Waals surface area contributed by atoms with E-state index in [1.54, 1.807) is 46.9 Å². The van der Waals surface area contributed by atoms with Crippen molar-refractivity contribution in [1.29, 1.82) is 0 Å². The first-order chi connectivity index (χ1) is 13.1. The van der Waals surface area contributed by atoms with Gasteiger partial charge in [-0.15, -0.1) is 10.2 Å². The highest BCUT2D eigenvalue weighted by Gasteiger charge is 2.16. The SMILES string of the molecule is Cc1c(N=Nc2ccc(O)c3cccnc23)c(=O)n(-c2ccccc2)n1C. The molecule has 0 saturated heterocycles. The number of aromatic hydroxyl groups is 1. The second kappa shape index (κ2) is 6.53. The van der Waals surface area contributed by atoms with E-state index in [4.69, 9.17) is 0 Å². The molecule has 1 N–H and O–H groups in total. The Bertz CT molecular complexity index is 1220. The van der Waals surface area contributed by atoms with Crippen molar-refractivity contribution in [3.05, 3.63) is 76.8 Å².